The second kappa shape index (κ2) is 6.14. The van der Waals surface area contributed by atoms with Crippen molar-refractivity contribution in [1.29, 1.82) is 0 Å². The highest BCUT2D eigenvalue weighted by molar-refractivity contribution is 7.13. The van der Waals surface area contributed by atoms with Gasteiger partial charge in [-0.15, -0.1) is 11.3 Å². The van der Waals surface area contributed by atoms with E-state index in [1.54, 1.807) is 17.4 Å². The summed E-state index contributed by atoms with van der Waals surface area (Å²) in [5.41, 5.74) is 3.66. The molecule has 6 nitrogen and oxygen atoms in total. The lowest BCUT2D eigenvalue weighted by molar-refractivity contribution is 0.446. The van der Waals surface area contributed by atoms with Crippen molar-refractivity contribution in [3.8, 4) is 10.6 Å². The first-order valence-electron chi connectivity index (χ1n) is 8.41. The van der Waals surface area contributed by atoms with E-state index in [0.717, 1.165) is 53.5 Å². The summed E-state index contributed by atoms with van der Waals surface area (Å²) < 4.78 is 1.89. The van der Waals surface area contributed by atoms with Gasteiger partial charge in [-0.1, -0.05) is 13.8 Å². The van der Waals surface area contributed by atoms with E-state index in [4.69, 9.17) is 4.98 Å². The number of piperidine rings is 1. The molecule has 126 valence electrons. The molecule has 0 atom stereocenters. The highest BCUT2D eigenvalue weighted by Gasteiger charge is 2.21. The lowest BCUT2D eigenvalue weighted by atomic mass is 9.94. The topological polar surface area (TPSA) is 75.1 Å². The Bertz CT molecular complexity index is 917. The van der Waals surface area contributed by atoms with Crippen LogP contribution in [0, 0.1) is 0 Å². The third-order valence-corrected chi connectivity index (χ3v) is 5.53. The van der Waals surface area contributed by atoms with Crippen molar-refractivity contribution in [2.75, 3.05) is 13.1 Å². The zero-order valence-corrected chi connectivity index (χ0v) is 14.7. The monoisotopic (exact) mass is 343 g/mol. The molecule has 0 bridgehead atoms. The second-order valence-corrected chi connectivity index (χ2v) is 7.49. The number of aromatic amines is 1. The van der Waals surface area contributed by atoms with Crippen LogP contribution in [0.15, 0.2) is 22.4 Å². The molecule has 24 heavy (non-hydrogen) atoms. The second-order valence-electron chi connectivity index (χ2n) is 6.63. The van der Waals surface area contributed by atoms with E-state index in [-0.39, 0.29) is 5.56 Å². The Hall–Kier alpha value is -1.99. The zero-order valence-electron chi connectivity index (χ0n) is 13.9. The summed E-state index contributed by atoms with van der Waals surface area (Å²) in [6.45, 7) is 6.23. The fraction of sp³-hybridized carbons (Fsp3) is 0.471. The summed E-state index contributed by atoms with van der Waals surface area (Å²) in [4.78, 5) is 19.9. The van der Waals surface area contributed by atoms with E-state index in [1.807, 2.05) is 10.7 Å². The van der Waals surface area contributed by atoms with Gasteiger partial charge >= 0.3 is 0 Å². The van der Waals surface area contributed by atoms with Crippen molar-refractivity contribution in [3.63, 3.8) is 0 Å². The molecule has 1 fully saturated rings. The Morgan fingerprint density at radius 2 is 2.12 bits per heavy atom. The van der Waals surface area contributed by atoms with Crippen LogP contribution in [0.2, 0.25) is 0 Å². The summed E-state index contributed by atoms with van der Waals surface area (Å²) in [6.07, 6.45) is 3.88. The SMILES string of the molecule is CC(C)c1csc(-c2cnn3c(C4CCNCC4)cc(=O)[nH]c23)n1. The van der Waals surface area contributed by atoms with Gasteiger partial charge in [0.1, 0.15) is 10.7 Å². The van der Waals surface area contributed by atoms with Crippen LogP contribution in [-0.4, -0.2) is 32.7 Å². The molecule has 0 radical (unpaired) electrons. The van der Waals surface area contributed by atoms with Crippen molar-refractivity contribution in [2.24, 2.45) is 0 Å². The number of nitrogens with zero attached hydrogens (tertiary/aromatic N) is 3. The maximum Gasteiger partial charge on any atom is 0.251 e. The number of H-pyrrole nitrogens is 1. The molecular weight excluding hydrogens is 322 g/mol. The first-order chi connectivity index (χ1) is 11.6. The lowest BCUT2D eigenvalue weighted by Crippen LogP contribution is -2.28. The molecule has 4 heterocycles. The van der Waals surface area contributed by atoms with Gasteiger partial charge in [0, 0.05) is 17.4 Å². The Morgan fingerprint density at radius 1 is 1.33 bits per heavy atom. The van der Waals surface area contributed by atoms with Crippen LogP contribution in [0.4, 0.5) is 0 Å². The molecule has 7 heteroatoms. The number of fused-ring (bicyclic) bond motifs is 1. The largest absolute Gasteiger partial charge is 0.317 e. The molecule has 1 saturated heterocycles. The summed E-state index contributed by atoms with van der Waals surface area (Å²) >= 11 is 1.60. The van der Waals surface area contributed by atoms with E-state index < -0.39 is 0 Å². The molecule has 3 aromatic rings. The van der Waals surface area contributed by atoms with Crippen LogP contribution in [0.1, 0.15) is 49.9 Å². The predicted octanol–water partition coefficient (Wildman–Crippen LogP) is 2.74. The van der Waals surface area contributed by atoms with Gasteiger partial charge in [-0.2, -0.15) is 5.10 Å². The number of nitrogens with one attached hydrogen (secondary N) is 2. The molecular formula is C17H21N5OS. The van der Waals surface area contributed by atoms with Gasteiger partial charge in [0.15, 0.2) is 0 Å². The van der Waals surface area contributed by atoms with Gasteiger partial charge in [0.2, 0.25) is 0 Å². The number of hydrogen-bond donors (Lipinski definition) is 2. The van der Waals surface area contributed by atoms with Gasteiger partial charge < -0.3 is 10.3 Å². The average Bonchev–Trinajstić information content (AvgIpc) is 3.21. The molecule has 3 aromatic heterocycles. The summed E-state index contributed by atoms with van der Waals surface area (Å²) in [5, 5.41) is 10.9. The minimum absolute atomic E-state index is 0.0709. The van der Waals surface area contributed by atoms with Gasteiger partial charge in [-0.3, -0.25) is 4.79 Å². The van der Waals surface area contributed by atoms with Crippen LogP contribution >= 0.6 is 11.3 Å². The Kier molecular flexibility index (Phi) is 3.97. The van der Waals surface area contributed by atoms with E-state index in [0.29, 0.717) is 11.8 Å². The fourth-order valence-corrected chi connectivity index (χ4v) is 4.24. The maximum absolute atomic E-state index is 12.2. The number of hydrogen-bond acceptors (Lipinski definition) is 5. The first-order valence-corrected chi connectivity index (χ1v) is 9.29. The Labute approximate surface area is 143 Å². The Balaban J connectivity index is 1.83. The van der Waals surface area contributed by atoms with Crippen LogP contribution in [0.3, 0.4) is 0 Å². The number of thiazole rings is 1. The highest BCUT2D eigenvalue weighted by atomic mass is 32.1. The normalized spacial score (nSPS) is 16.3. The van der Waals surface area contributed by atoms with Gasteiger partial charge in [0.05, 0.1) is 23.1 Å². The van der Waals surface area contributed by atoms with Gasteiger partial charge in [-0.25, -0.2) is 9.50 Å². The molecule has 1 aliphatic rings. The smallest absolute Gasteiger partial charge is 0.251 e. The van der Waals surface area contributed by atoms with Crippen molar-refractivity contribution in [3.05, 3.63) is 39.4 Å². The molecule has 1 aliphatic heterocycles. The molecule has 0 spiro atoms. The zero-order chi connectivity index (χ0) is 16.7. The van der Waals surface area contributed by atoms with Crippen molar-refractivity contribution < 1.29 is 0 Å². The van der Waals surface area contributed by atoms with Gasteiger partial charge in [0.25, 0.3) is 5.56 Å². The molecule has 2 N–H and O–H groups in total. The molecule has 0 amide bonds. The third-order valence-electron chi connectivity index (χ3n) is 4.64. The maximum atomic E-state index is 12.2. The Morgan fingerprint density at radius 3 is 2.83 bits per heavy atom. The summed E-state index contributed by atoms with van der Waals surface area (Å²) in [6, 6.07) is 1.70. The van der Waals surface area contributed by atoms with Crippen molar-refractivity contribution in [1.82, 2.24) is 24.9 Å². The fourth-order valence-electron chi connectivity index (χ4n) is 3.25. The van der Waals surface area contributed by atoms with E-state index in [2.05, 4.69) is 34.6 Å². The van der Waals surface area contributed by atoms with Crippen LogP contribution < -0.4 is 10.9 Å². The predicted molar refractivity (Wildman–Crippen MR) is 95.9 cm³/mol. The van der Waals surface area contributed by atoms with E-state index in [1.165, 1.54) is 0 Å². The van der Waals surface area contributed by atoms with Crippen LogP contribution in [0.5, 0.6) is 0 Å². The quantitative estimate of drug-likeness (QED) is 0.767. The minimum atomic E-state index is -0.0709. The third kappa shape index (κ3) is 2.67. The van der Waals surface area contributed by atoms with Crippen molar-refractivity contribution in [2.45, 2.75) is 38.5 Å². The lowest BCUT2D eigenvalue weighted by Gasteiger charge is -2.23. The van der Waals surface area contributed by atoms with Crippen LogP contribution in [-0.2, 0) is 0 Å². The molecule has 0 aromatic carbocycles. The summed E-state index contributed by atoms with van der Waals surface area (Å²) in [5.74, 6) is 0.757. The molecule has 0 unspecified atom stereocenters. The average molecular weight is 343 g/mol. The molecule has 4 rings (SSSR count). The highest BCUT2D eigenvalue weighted by Crippen LogP contribution is 2.31. The molecule has 0 saturated carbocycles. The minimum Gasteiger partial charge on any atom is -0.317 e. The van der Waals surface area contributed by atoms with Gasteiger partial charge in [-0.05, 0) is 31.8 Å². The molecule has 0 aliphatic carbocycles. The van der Waals surface area contributed by atoms with E-state index in [9.17, 15) is 4.79 Å². The van der Waals surface area contributed by atoms with Crippen molar-refractivity contribution >= 4 is 17.0 Å². The standard InChI is InChI=1S/C17H21N5OS/c1-10(2)13-9-24-17(20-13)12-8-19-22-14(7-15(23)21-16(12)22)11-3-5-18-6-4-11/h7-11,18H,3-6H2,1-2H3,(H,21,23). The first kappa shape index (κ1) is 15.5. The van der Waals surface area contributed by atoms with Crippen LogP contribution in [0.25, 0.3) is 16.2 Å². The van der Waals surface area contributed by atoms with E-state index >= 15 is 0 Å². The number of aromatic nitrogens is 4. The summed E-state index contributed by atoms with van der Waals surface area (Å²) in [7, 11) is 0. The number of rotatable bonds is 3.